The normalized spacial score (nSPS) is 12.6. The van der Waals surface area contributed by atoms with Crippen molar-refractivity contribution in [2.45, 2.75) is 71.8 Å². The van der Waals surface area contributed by atoms with Crippen molar-refractivity contribution in [1.82, 2.24) is 5.32 Å². The van der Waals surface area contributed by atoms with Crippen LogP contribution in [-0.4, -0.2) is 5.91 Å². The van der Waals surface area contributed by atoms with E-state index in [0.29, 0.717) is 44.2 Å². The van der Waals surface area contributed by atoms with Gasteiger partial charge in [-0.05, 0) is 55.5 Å². The van der Waals surface area contributed by atoms with Crippen LogP contribution in [0.2, 0.25) is 0 Å². The number of hydrogen-bond acceptors (Lipinski definition) is 1. The summed E-state index contributed by atoms with van der Waals surface area (Å²) in [6.45, 7) is 5.41. The molecule has 8 heteroatoms. The Morgan fingerprint density at radius 1 is 0.788 bits per heavy atom. The van der Waals surface area contributed by atoms with E-state index in [1.54, 1.807) is 0 Å². The van der Waals surface area contributed by atoms with Gasteiger partial charge in [0.2, 0.25) is 5.91 Å². The molecule has 0 aliphatic heterocycles. The standard InChI is InChI=1S/C25H29F6NO/c1-4-10-23(11-5-2,15-18-8-6-17(3)7-9-18)22(33)32-16-19-12-20(24(26,27)28)14-21(13-19)25(29,30)31/h6-9,12-14H,4-5,10-11,15-16H2,1-3H3,(H,32,33). The molecule has 2 aromatic carbocycles. The SMILES string of the molecule is CCCC(CCC)(Cc1ccc(C)cc1)C(=O)NCc1cc(C(F)(F)F)cc(C(F)(F)F)c1. The molecule has 1 amide bonds. The minimum atomic E-state index is -4.93. The summed E-state index contributed by atoms with van der Waals surface area (Å²) in [6.07, 6.45) is -6.90. The van der Waals surface area contributed by atoms with Crippen LogP contribution < -0.4 is 5.32 Å². The lowest BCUT2D eigenvalue weighted by molar-refractivity contribution is -0.143. The molecule has 33 heavy (non-hydrogen) atoms. The van der Waals surface area contributed by atoms with E-state index in [4.69, 9.17) is 0 Å². The monoisotopic (exact) mass is 473 g/mol. The van der Waals surface area contributed by atoms with Crippen molar-refractivity contribution in [1.29, 1.82) is 0 Å². The van der Waals surface area contributed by atoms with Gasteiger partial charge in [-0.1, -0.05) is 56.5 Å². The lowest BCUT2D eigenvalue weighted by atomic mass is 9.73. The highest BCUT2D eigenvalue weighted by Crippen LogP contribution is 2.37. The number of carbonyl (C=O) groups is 1. The van der Waals surface area contributed by atoms with Gasteiger partial charge in [0.1, 0.15) is 0 Å². The van der Waals surface area contributed by atoms with Crippen LogP contribution in [-0.2, 0) is 30.1 Å². The van der Waals surface area contributed by atoms with E-state index >= 15 is 0 Å². The summed E-state index contributed by atoms with van der Waals surface area (Å²) in [5.74, 6) is -0.363. The fourth-order valence-electron chi connectivity index (χ4n) is 4.15. The number of aryl methyl sites for hydroxylation is 1. The van der Waals surface area contributed by atoms with Crippen molar-refractivity contribution in [3.05, 3.63) is 70.3 Å². The van der Waals surface area contributed by atoms with E-state index in [1.807, 2.05) is 45.0 Å². The first-order valence-corrected chi connectivity index (χ1v) is 10.9. The molecule has 0 aliphatic rings. The molecule has 0 saturated carbocycles. The molecule has 0 saturated heterocycles. The number of carbonyl (C=O) groups excluding carboxylic acids is 1. The summed E-state index contributed by atoms with van der Waals surface area (Å²) in [5.41, 5.74) is -1.81. The van der Waals surface area contributed by atoms with Crippen LogP contribution >= 0.6 is 0 Å². The number of amides is 1. The Morgan fingerprint density at radius 3 is 1.70 bits per heavy atom. The molecule has 0 radical (unpaired) electrons. The minimum Gasteiger partial charge on any atom is -0.352 e. The largest absolute Gasteiger partial charge is 0.416 e. The number of hydrogen-bond donors (Lipinski definition) is 1. The van der Waals surface area contributed by atoms with Crippen LogP contribution in [0.4, 0.5) is 26.3 Å². The first-order chi connectivity index (χ1) is 15.3. The topological polar surface area (TPSA) is 29.1 Å². The average Bonchev–Trinajstić information content (AvgIpc) is 2.72. The molecule has 0 atom stereocenters. The zero-order chi connectivity index (χ0) is 24.9. The molecule has 0 bridgehead atoms. The summed E-state index contributed by atoms with van der Waals surface area (Å²) in [4.78, 5) is 13.3. The van der Waals surface area contributed by atoms with Crippen LogP contribution in [0, 0.1) is 12.3 Å². The summed E-state index contributed by atoms with van der Waals surface area (Å²) in [7, 11) is 0. The Kier molecular flexibility index (Phi) is 8.60. The van der Waals surface area contributed by atoms with Gasteiger partial charge < -0.3 is 5.32 Å². The molecule has 2 nitrogen and oxygen atoms in total. The molecule has 0 heterocycles. The summed E-state index contributed by atoms with van der Waals surface area (Å²) < 4.78 is 78.8. The molecule has 0 spiro atoms. The van der Waals surface area contributed by atoms with Gasteiger partial charge in [0.05, 0.1) is 16.5 Å². The molecule has 2 rings (SSSR count). The number of alkyl halides is 6. The van der Waals surface area contributed by atoms with E-state index in [0.717, 1.165) is 11.1 Å². The Hall–Kier alpha value is -2.51. The van der Waals surface area contributed by atoms with Gasteiger partial charge in [0.15, 0.2) is 0 Å². The quantitative estimate of drug-likeness (QED) is 0.376. The van der Waals surface area contributed by atoms with Crippen molar-refractivity contribution < 1.29 is 31.1 Å². The third kappa shape index (κ3) is 7.24. The molecule has 0 fully saturated rings. The average molecular weight is 474 g/mol. The van der Waals surface area contributed by atoms with Crippen LogP contribution in [0.1, 0.15) is 67.3 Å². The molecular formula is C25H29F6NO. The van der Waals surface area contributed by atoms with Crippen molar-refractivity contribution >= 4 is 5.91 Å². The van der Waals surface area contributed by atoms with Crippen LogP contribution in [0.5, 0.6) is 0 Å². The van der Waals surface area contributed by atoms with E-state index in [9.17, 15) is 31.1 Å². The van der Waals surface area contributed by atoms with Crippen LogP contribution in [0.3, 0.4) is 0 Å². The Labute approximate surface area is 190 Å². The maximum atomic E-state index is 13.3. The summed E-state index contributed by atoms with van der Waals surface area (Å²) >= 11 is 0. The van der Waals surface area contributed by atoms with Gasteiger partial charge in [-0.15, -0.1) is 0 Å². The highest BCUT2D eigenvalue weighted by molar-refractivity contribution is 5.83. The van der Waals surface area contributed by atoms with Crippen LogP contribution in [0.15, 0.2) is 42.5 Å². The molecule has 1 N–H and O–H groups in total. The zero-order valence-electron chi connectivity index (χ0n) is 19.0. The number of benzene rings is 2. The summed E-state index contributed by atoms with van der Waals surface area (Å²) in [6, 6.07) is 9.14. The fourth-order valence-corrected chi connectivity index (χ4v) is 4.15. The van der Waals surface area contributed by atoms with Crippen LogP contribution in [0.25, 0.3) is 0 Å². The second-order valence-electron chi connectivity index (χ2n) is 8.54. The number of rotatable bonds is 9. The van der Waals surface area contributed by atoms with E-state index in [2.05, 4.69) is 5.32 Å². The maximum Gasteiger partial charge on any atom is 0.416 e. The van der Waals surface area contributed by atoms with Gasteiger partial charge in [-0.25, -0.2) is 0 Å². The van der Waals surface area contributed by atoms with Gasteiger partial charge in [-0.2, -0.15) is 26.3 Å². The van der Waals surface area contributed by atoms with Crippen molar-refractivity contribution in [2.24, 2.45) is 5.41 Å². The van der Waals surface area contributed by atoms with Crippen molar-refractivity contribution in [3.8, 4) is 0 Å². The maximum absolute atomic E-state index is 13.3. The van der Waals surface area contributed by atoms with Crippen molar-refractivity contribution in [2.75, 3.05) is 0 Å². The summed E-state index contributed by atoms with van der Waals surface area (Å²) in [5, 5.41) is 2.62. The number of halogens is 6. The third-order valence-corrected chi connectivity index (χ3v) is 5.70. The van der Waals surface area contributed by atoms with E-state index < -0.39 is 35.4 Å². The molecule has 0 unspecified atom stereocenters. The molecule has 2 aromatic rings. The lowest BCUT2D eigenvalue weighted by Crippen LogP contribution is -2.42. The van der Waals surface area contributed by atoms with Gasteiger partial charge >= 0.3 is 12.4 Å². The Balaban J connectivity index is 2.33. The third-order valence-electron chi connectivity index (χ3n) is 5.70. The second kappa shape index (κ2) is 10.6. The van der Waals surface area contributed by atoms with E-state index in [1.165, 1.54) is 0 Å². The first kappa shape index (κ1) is 26.7. The van der Waals surface area contributed by atoms with E-state index in [-0.39, 0.29) is 17.5 Å². The van der Waals surface area contributed by atoms with Gasteiger partial charge in [0, 0.05) is 6.54 Å². The predicted octanol–water partition coefficient (Wildman–Crippen LogP) is 7.48. The highest BCUT2D eigenvalue weighted by Gasteiger charge is 2.38. The second-order valence-corrected chi connectivity index (χ2v) is 8.54. The smallest absolute Gasteiger partial charge is 0.352 e. The lowest BCUT2D eigenvalue weighted by Gasteiger charge is -2.32. The predicted molar refractivity (Wildman–Crippen MR) is 115 cm³/mol. The minimum absolute atomic E-state index is 0.0845. The van der Waals surface area contributed by atoms with Crippen molar-refractivity contribution in [3.63, 3.8) is 0 Å². The highest BCUT2D eigenvalue weighted by atomic mass is 19.4. The molecule has 0 aromatic heterocycles. The fraction of sp³-hybridized carbons (Fsp3) is 0.480. The first-order valence-electron chi connectivity index (χ1n) is 10.9. The Morgan fingerprint density at radius 2 is 1.27 bits per heavy atom. The number of nitrogens with one attached hydrogen (secondary N) is 1. The van der Waals surface area contributed by atoms with Gasteiger partial charge in [-0.3, -0.25) is 4.79 Å². The zero-order valence-corrected chi connectivity index (χ0v) is 19.0. The molecule has 0 aliphatic carbocycles. The molecule has 182 valence electrons. The molecular weight excluding hydrogens is 444 g/mol. The van der Waals surface area contributed by atoms with Gasteiger partial charge in [0.25, 0.3) is 0 Å². The Bertz CT molecular complexity index is 893.